The smallest absolute Gasteiger partial charge is 0.197 e. The lowest BCUT2D eigenvalue weighted by molar-refractivity contribution is 0.327. The lowest BCUT2D eigenvalue weighted by Gasteiger charge is -2.15. The predicted octanol–water partition coefficient (Wildman–Crippen LogP) is 5.05. The van der Waals surface area contributed by atoms with Crippen LogP contribution in [0.5, 0.6) is 11.5 Å². The topological polar surface area (TPSA) is 67.2 Å². The number of hydrogen-bond donors (Lipinski definition) is 2. The van der Waals surface area contributed by atoms with E-state index in [1.165, 1.54) is 11.8 Å². The van der Waals surface area contributed by atoms with Gasteiger partial charge >= 0.3 is 0 Å². The molecule has 3 rings (SSSR count). The van der Waals surface area contributed by atoms with Crippen LogP contribution in [-0.4, -0.2) is 30.1 Å². The highest BCUT2D eigenvalue weighted by molar-refractivity contribution is 8.29. The van der Waals surface area contributed by atoms with Gasteiger partial charge in [0.25, 0.3) is 0 Å². The first-order valence-electron chi connectivity index (χ1n) is 10.1. The van der Waals surface area contributed by atoms with E-state index in [0.717, 1.165) is 51.7 Å². The van der Waals surface area contributed by atoms with E-state index < -0.39 is 0 Å². The van der Waals surface area contributed by atoms with E-state index in [9.17, 15) is 0 Å². The molecule has 6 nitrogen and oxygen atoms in total. The van der Waals surface area contributed by atoms with Crippen molar-refractivity contribution in [3.05, 3.63) is 66.0 Å². The summed E-state index contributed by atoms with van der Waals surface area (Å²) in [4.78, 5) is 8.81. The fourth-order valence-electron chi connectivity index (χ4n) is 2.83. The maximum atomic E-state index is 5.74. The van der Waals surface area contributed by atoms with Gasteiger partial charge in [0.2, 0.25) is 0 Å². The molecule has 0 saturated heterocycles. The highest BCUT2D eigenvalue weighted by Gasteiger charge is 2.16. The number of nitrogens with one attached hydrogen (secondary N) is 2. The largest absolute Gasteiger partial charge is 0.494 e. The maximum Gasteiger partial charge on any atom is 0.197 e. The fourth-order valence-corrected chi connectivity index (χ4v) is 3.41. The van der Waals surface area contributed by atoms with Crippen molar-refractivity contribution in [3.63, 3.8) is 0 Å². The molecule has 0 bridgehead atoms. The summed E-state index contributed by atoms with van der Waals surface area (Å²) in [6.07, 6.45) is 2.64. The average Bonchev–Trinajstić information content (AvgIpc) is 2.72. The number of rotatable bonds is 10. The molecule has 2 aromatic carbocycles. The number of anilines is 1. The number of hydrogen-bond acceptors (Lipinski definition) is 6. The van der Waals surface area contributed by atoms with Gasteiger partial charge < -0.3 is 20.1 Å². The molecule has 0 aromatic heterocycles. The Labute approximate surface area is 182 Å². The molecular weight excluding hydrogens is 396 g/mol. The van der Waals surface area contributed by atoms with Crippen LogP contribution in [0, 0.1) is 0 Å². The highest BCUT2D eigenvalue weighted by Crippen LogP contribution is 2.25. The Kier molecular flexibility index (Phi) is 8.20. The molecule has 2 N–H and O–H groups in total. The molecule has 0 amide bonds. The van der Waals surface area contributed by atoms with Crippen molar-refractivity contribution in [1.82, 2.24) is 5.32 Å². The van der Waals surface area contributed by atoms with Gasteiger partial charge in [0.15, 0.2) is 10.3 Å². The summed E-state index contributed by atoms with van der Waals surface area (Å²) in [7, 11) is 0. The van der Waals surface area contributed by atoms with E-state index in [1.54, 1.807) is 0 Å². The first-order chi connectivity index (χ1) is 14.7. The minimum atomic E-state index is 0.643. The number of thioether (sulfide) groups is 1. The van der Waals surface area contributed by atoms with Gasteiger partial charge in [-0.1, -0.05) is 18.2 Å². The first-order valence-corrected chi connectivity index (χ1v) is 10.9. The van der Waals surface area contributed by atoms with Crippen molar-refractivity contribution in [3.8, 4) is 11.5 Å². The van der Waals surface area contributed by atoms with Crippen LogP contribution in [0.15, 0.2) is 70.4 Å². The Bertz CT molecular complexity index is 926. The third-order valence-electron chi connectivity index (χ3n) is 4.22. The summed E-state index contributed by atoms with van der Waals surface area (Å²) in [6.45, 7) is 8.05. The first kappa shape index (κ1) is 21.8. The molecule has 7 heteroatoms. The van der Waals surface area contributed by atoms with Crippen LogP contribution in [0.1, 0.15) is 26.3 Å². The Morgan fingerprint density at radius 3 is 2.60 bits per heavy atom. The van der Waals surface area contributed by atoms with Crippen LogP contribution >= 0.6 is 11.8 Å². The zero-order valence-corrected chi connectivity index (χ0v) is 18.5. The van der Waals surface area contributed by atoms with Gasteiger partial charge in [-0.2, -0.15) is 4.99 Å². The summed E-state index contributed by atoms with van der Waals surface area (Å²) < 4.78 is 11.4. The van der Waals surface area contributed by atoms with Gasteiger partial charge in [-0.05, 0) is 74.8 Å². The zero-order valence-electron chi connectivity index (χ0n) is 17.6. The molecule has 0 aliphatic carbocycles. The lowest BCUT2D eigenvalue weighted by atomic mass is 10.1. The lowest BCUT2D eigenvalue weighted by Crippen LogP contribution is -2.19. The molecule has 1 aliphatic rings. The van der Waals surface area contributed by atoms with E-state index in [1.807, 2.05) is 69.4 Å². The van der Waals surface area contributed by atoms with Gasteiger partial charge in [0, 0.05) is 24.1 Å². The van der Waals surface area contributed by atoms with Gasteiger partial charge in [-0.3, -0.25) is 0 Å². The van der Waals surface area contributed by atoms with E-state index in [4.69, 9.17) is 9.47 Å². The number of ether oxygens (including phenoxy) is 2. The van der Waals surface area contributed by atoms with Gasteiger partial charge in [-0.25, -0.2) is 4.99 Å². The van der Waals surface area contributed by atoms with Crippen molar-refractivity contribution in [2.45, 2.75) is 27.2 Å². The molecule has 0 unspecified atom stereocenters. The molecule has 1 aliphatic heterocycles. The summed E-state index contributed by atoms with van der Waals surface area (Å²) in [5, 5.41) is 8.25. The molecule has 2 aromatic rings. The fraction of sp³-hybridized carbons (Fsp3) is 0.304. The summed E-state index contributed by atoms with van der Waals surface area (Å²) in [5.41, 5.74) is 3.14. The molecule has 1 heterocycles. The van der Waals surface area contributed by atoms with Crippen LogP contribution in [0.25, 0.3) is 0 Å². The quantitative estimate of drug-likeness (QED) is 0.559. The number of benzene rings is 2. The predicted molar refractivity (Wildman–Crippen MR) is 127 cm³/mol. The van der Waals surface area contributed by atoms with Crippen molar-refractivity contribution in [2.24, 2.45) is 9.98 Å². The van der Waals surface area contributed by atoms with Crippen LogP contribution in [0.3, 0.4) is 0 Å². The van der Waals surface area contributed by atoms with Crippen molar-refractivity contribution in [2.75, 3.05) is 25.1 Å². The second-order valence-electron chi connectivity index (χ2n) is 6.55. The number of allylic oxidation sites excluding steroid dienone is 1. The SMILES string of the molecule is CCOc1ccc(OCC)c(CCN/C(C)=C\N=C2N=C(Nc3ccccc3)S2)c1. The molecule has 158 valence electrons. The second-order valence-corrected chi connectivity index (χ2v) is 7.50. The normalized spacial score (nSPS) is 14.7. The van der Waals surface area contributed by atoms with Crippen LogP contribution < -0.4 is 20.1 Å². The zero-order chi connectivity index (χ0) is 21.2. The third-order valence-corrected chi connectivity index (χ3v) is 4.99. The molecule has 0 radical (unpaired) electrons. The minimum Gasteiger partial charge on any atom is -0.494 e. The Hall–Kier alpha value is -2.93. The van der Waals surface area contributed by atoms with Crippen LogP contribution in [0.2, 0.25) is 0 Å². The minimum absolute atomic E-state index is 0.643. The standard InChI is InChI=1S/C23H28N4O2S/c1-4-28-20-11-12-21(29-5-2)18(15-20)13-14-24-17(3)16-25-22-27-23(30-22)26-19-9-7-6-8-10-19/h6-12,15-16,24H,4-5,13-14H2,1-3H3,(H,25,26,27)/b17-16-. The monoisotopic (exact) mass is 424 g/mol. The number of nitrogens with zero attached hydrogens (tertiary/aromatic N) is 2. The van der Waals surface area contributed by atoms with E-state index in [-0.39, 0.29) is 0 Å². The Morgan fingerprint density at radius 1 is 1.10 bits per heavy atom. The molecule has 0 atom stereocenters. The van der Waals surface area contributed by atoms with Crippen molar-refractivity contribution >= 4 is 27.8 Å². The average molecular weight is 425 g/mol. The highest BCUT2D eigenvalue weighted by atomic mass is 32.2. The number of para-hydroxylation sites is 1. The molecule has 0 spiro atoms. The van der Waals surface area contributed by atoms with Crippen molar-refractivity contribution < 1.29 is 9.47 Å². The summed E-state index contributed by atoms with van der Waals surface area (Å²) in [6, 6.07) is 16.0. The number of amidine groups is 2. The van der Waals surface area contributed by atoms with E-state index in [0.29, 0.717) is 13.2 Å². The van der Waals surface area contributed by atoms with Crippen LogP contribution in [0.4, 0.5) is 5.69 Å². The van der Waals surface area contributed by atoms with Gasteiger partial charge in [-0.15, -0.1) is 0 Å². The van der Waals surface area contributed by atoms with Gasteiger partial charge in [0.1, 0.15) is 11.5 Å². The van der Waals surface area contributed by atoms with Gasteiger partial charge in [0.05, 0.1) is 13.2 Å². The summed E-state index contributed by atoms with van der Waals surface area (Å²) in [5.74, 6) is 1.78. The molecule has 0 fully saturated rings. The van der Waals surface area contributed by atoms with Crippen molar-refractivity contribution in [1.29, 1.82) is 0 Å². The maximum absolute atomic E-state index is 5.74. The molecular formula is C23H28N4O2S. The van der Waals surface area contributed by atoms with Crippen LogP contribution in [-0.2, 0) is 6.42 Å². The Balaban J connectivity index is 1.49. The van der Waals surface area contributed by atoms with E-state index >= 15 is 0 Å². The van der Waals surface area contributed by atoms with E-state index in [2.05, 4.69) is 26.7 Å². The second kappa shape index (κ2) is 11.3. The Morgan fingerprint density at radius 2 is 1.87 bits per heavy atom. The number of aliphatic imine (C=N–C) groups is 2. The molecule has 0 saturated carbocycles. The molecule has 30 heavy (non-hydrogen) atoms. The third kappa shape index (κ3) is 6.56. The summed E-state index contributed by atoms with van der Waals surface area (Å²) >= 11 is 1.53.